The molecule has 0 fully saturated rings. The van der Waals surface area contributed by atoms with Crippen molar-refractivity contribution in [2.75, 3.05) is 33.8 Å². The maximum atomic E-state index is 12.7. The maximum Gasteiger partial charge on any atom is 0.337 e. The molecule has 1 aromatic heterocycles. The first-order chi connectivity index (χ1) is 15.4. The van der Waals surface area contributed by atoms with Crippen LogP contribution in [0.2, 0.25) is 0 Å². The monoisotopic (exact) mass is 456 g/mol. The molecule has 0 radical (unpaired) electrons. The van der Waals surface area contributed by atoms with E-state index in [1.807, 2.05) is 6.07 Å². The molecule has 0 saturated carbocycles. The Kier molecular flexibility index (Phi) is 7.06. The first kappa shape index (κ1) is 22.8. The highest BCUT2D eigenvalue weighted by Crippen LogP contribution is 2.33. The number of rotatable bonds is 7. The molecule has 0 unspecified atom stereocenters. The molecule has 1 heterocycles. The number of aromatic nitrogens is 1. The number of methoxy groups -OCH3 is 4. The molecule has 10 heteroatoms. The van der Waals surface area contributed by atoms with Gasteiger partial charge in [0.2, 0.25) is 0 Å². The lowest BCUT2D eigenvalue weighted by atomic mass is 10.1. The van der Waals surface area contributed by atoms with Crippen LogP contribution in [0.25, 0.3) is 10.6 Å². The van der Waals surface area contributed by atoms with Gasteiger partial charge in [-0.2, -0.15) is 0 Å². The van der Waals surface area contributed by atoms with Gasteiger partial charge in [0.25, 0.3) is 5.91 Å². The van der Waals surface area contributed by atoms with Crippen LogP contribution in [0.3, 0.4) is 0 Å². The summed E-state index contributed by atoms with van der Waals surface area (Å²) in [5.41, 5.74) is 1.33. The van der Waals surface area contributed by atoms with Gasteiger partial charge in [-0.05, 0) is 36.4 Å². The van der Waals surface area contributed by atoms with Crippen molar-refractivity contribution >= 4 is 34.9 Å². The predicted octanol–water partition coefficient (Wildman–Crippen LogP) is 3.65. The molecule has 0 bridgehead atoms. The summed E-state index contributed by atoms with van der Waals surface area (Å²) in [6, 6.07) is 9.45. The molecule has 0 spiro atoms. The third-order valence-electron chi connectivity index (χ3n) is 4.40. The largest absolute Gasteiger partial charge is 0.493 e. The van der Waals surface area contributed by atoms with E-state index >= 15 is 0 Å². The summed E-state index contributed by atoms with van der Waals surface area (Å²) in [7, 11) is 5.52. The third kappa shape index (κ3) is 4.86. The number of esters is 2. The van der Waals surface area contributed by atoms with Gasteiger partial charge >= 0.3 is 11.9 Å². The maximum absolute atomic E-state index is 12.7. The summed E-state index contributed by atoms with van der Waals surface area (Å²) in [6.07, 6.45) is 0. The van der Waals surface area contributed by atoms with E-state index in [4.69, 9.17) is 18.9 Å². The van der Waals surface area contributed by atoms with Gasteiger partial charge in [0, 0.05) is 16.6 Å². The highest BCUT2D eigenvalue weighted by molar-refractivity contribution is 7.13. The molecule has 1 N–H and O–H groups in total. The van der Waals surface area contributed by atoms with E-state index in [0.717, 1.165) is 5.56 Å². The highest BCUT2D eigenvalue weighted by Gasteiger charge is 2.17. The first-order valence-corrected chi connectivity index (χ1v) is 10.1. The van der Waals surface area contributed by atoms with E-state index in [9.17, 15) is 14.4 Å². The number of hydrogen-bond donors (Lipinski definition) is 1. The number of anilines is 1. The van der Waals surface area contributed by atoms with Gasteiger partial charge in [-0.25, -0.2) is 14.6 Å². The van der Waals surface area contributed by atoms with Crippen LogP contribution in [0, 0.1) is 0 Å². The zero-order valence-electron chi connectivity index (χ0n) is 17.8. The zero-order valence-corrected chi connectivity index (χ0v) is 18.6. The molecule has 9 nitrogen and oxygen atoms in total. The lowest BCUT2D eigenvalue weighted by Gasteiger charge is -2.09. The summed E-state index contributed by atoms with van der Waals surface area (Å²) < 4.78 is 19.9. The van der Waals surface area contributed by atoms with Gasteiger partial charge in [0.1, 0.15) is 10.7 Å². The molecule has 2 aromatic carbocycles. The molecular formula is C22H20N2O7S. The second-order valence-electron chi connectivity index (χ2n) is 6.34. The van der Waals surface area contributed by atoms with Crippen molar-refractivity contribution in [2.45, 2.75) is 0 Å². The van der Waals surface area contributed by atoms with Crippen molar-refractivity contribution in [3.63, 3.8) is 0 Å². The fourth-order valence-corrected chi connectivity index (χ4v) is 3.64. The fraction of sp³-hybridized carbons (Fsp3) is 0.182. The first-order valence-electron chi connectivity index (χ1n) is 9.21. The van der Waals surface area contributed by atoms with Crippen molar-refractivity contribution in [3.8, 4) is 22.1 Å². The van der Waals surface area contributed by atoms with Crippen LogP contribution in [0.4, 0.5) is 5.69 Å². The van der Waals surface area contributed by atoms with Gasteiger partial charge in [0.15, 0.2) is 11.5 Å². The minimum atomic E-state index is -0.657. The van der Waals surface area contributed by atoms with Crippen LogP contribution < -0.4 is 14.8 Å². The van der Waals surface area contributed by atoms with Crippen LogP contribution in [0.15, 0.2) is 41.8 Å². The van der Waals surface area contributed by atoms with Gasteiger partial charge in [-0.3, -0.25) is 4.79 Å². The zero-order chi connectivity index (χ0) is 23.3. The van der Waals surface area contributed by atoms with E-state index in [2.05, 4.69) is 10.3 Å². The number of amides is 1. The number of benzene rings is 2. The Morgan fingerprint density at radius 3 is 2.03 bits per heavy atom. The van der Waals surface area contributed by atoms with Gasteiger partial charge in [-0.1, -0.05) is 0 Å². The topological polar surface area (TPSA) is 113 Å². The molecule has 0 aliphatic rings. The summed E-state index contributed by atoms with van der Waals surface area (Å²) in [6.45, 7) is 0. The van der Waals surface area contributed by atoms with Crippen molar-refractivity contribution in [2.24, 2.45) is 0 Å². The third-order valence-corrected chi connectivity index (χ3v) is 5.29. The predicted molar refractivity (Wildman–Crippen MR) is 118 cm³/mol. The second-order valence-corrected chi connectivity index (χ2v) is 7.20. The van der Waals surface area contributed by atoms with Crippen molar-refractivity contribution < 1.29 is 33.3 Å². The van der Waals surface area contributed by atoms with Crippen molar-refractivity contribution in [3.05, 3.63) is 58.6 Å². The van der Waals surface area contributed by atoms with E-state index in [1.54, 1.807) is 24.6 Å². The quantitative estimate of drug-likeness (QED) is 0.536. The van der Waals surface area contributed by atoms with Gasteiger partial charge < -0.3 is 24.3 Å². The SMILES string of the molecule is COC(=O)c1cc(NC(=O)c2csc(-c3ccc(OC)c(OC)c3)n2)cc(C(=O)OC)c1. The summed E-state index contributed by atoms with van der Waals surface area (Å²) in [5.74, 6) is -0.698. The summed E-state index contributed by atoms with van der Waals surface area (Å²) in [4.78, 5) is 41.0. The Balaban J connectivity index is 1.86. The molecule has 0 aliphatic heterocycles. The van der Waals surface area contributed by atoms with E-state index < -0.39 is 17.8 Å². The molecule has 3 aromatic rings. The smallest absolute Gasteiger partial charge is 0.337 e. The number of nitrogens with one attached hydrogen (secondary N) is 1. The molecule has 1 amide bonds. The van der Waals surface area contributed by atoms with Crippen LogP contribution in [-0.4, -0.2) is 51.3 Å². The highest BCUT2D eigenvalue weighted by atomic mass is 32.1. The van der Waals surface area contributed by atoms with E-state index in [0.29, 0.717) is 16.5 Å². The molecule has 0 aliphatic carbocycles. The second kappa shape index (κ2) is 9.92. The number of carbonyl (C=O) groups is 3. The number of ether oxygens (including phenoxy) is 4. The van der Waals surface area contributed by atoms with Crippen LogP contribution in [0.5, 0.6) is 11.5 Å². The van der Waals surface area contributed by atoms with E-state index in [1.165, 1.54) is 50.9 Å². The van der Waals surface area contributed by atoms with E-state index in [-0.39, 0.29) is 22.5 Å². The number of carbonyl (C=O) groups excluding carboxylic acids is 3. The Labute approximate surface area is 187 Å². The average Bonchev–Trinajstić information content (AvgIpc) is 3.32. The molecule has 3 rings (SSSR count). The Morgan fingerprint density at radius 2 is 1.47 bits per heavy atom. The number of hydrogen-bond acceptors (Lipinski definition) is 9. The Hall–Kier alpha value is -3.92. The summed E-state index contributed by atoms with van der Waals surface area (Å²) >= 11 is 1.28. The number of nitrogens with zero attached hydrogens (tertiary/aromatic N) is 1. The minimum absolute atomic E-state index is 0.0926. The van der Waals surface area contributed by atoms with Crippen molar-refractivity contribution in [1.29, 1.82) is 0 Å². The normalized spacial score (nSPS) is 10.2. The summed E-state index contributed by atoms with van der Waals surface area (Å²) in [5, 5.41) is 4.86. The number of thiazole rings is 1. The Bertz CT molecular complexity index is 1140. The molecule has 0 saturated heterocycles. The molecule has 32 heavy (non-hydrogen) atoms. The minimum Gasteiger partial charge on any atom is -0.493 e. The van der Waals surface area contributed by atoms with Crippen molar-refractivity contribution in [1.82, 2.24) is 4.98 Å². The lowest BCUT2D eigenvalue weighted by Crippen LogP contribution is -2.14. The molecular weight excluding hydrogens is 436 g/mol. The van der Waals surface area contributed by atoms with Gasteiger partial charge in [-0.15, -0.1) is 11.3 Å². The fourth-order valence-electron chi connectivity index (χ4n) is 2.85. The van der Waals surface area contributed by atoms with Crippen LogP contribution >= 0.6 is 11.3 Å². The average molecular weight is 456 g/mol. The van der Waals surface area contributed by atoms with Crippen LogP contribution in [0.1, 0.15) is 31.2 Å². The van der Waals surface area contributed by atoms with Crippen LogP contribution in [-0.2, 0) is 9.47 Å². The van der Waals surface area contributed by atoms with Gasteiger partial charge in [0.05, 0.1) is 39.6 Å². The Morgan fingerprint density at radius 1 is 0.844 bits per heavy atom. The lowest BCUT2D eigenvalue weighted by molar-refractivity contribution is 0.0599. The molecule has 166 valence electrons. The molecule has 0 atom stereocenters. The standard InChI is InChI=1S/C22H20N2O7S/c1-28-17-6-5-12(10-18(17)29-2)20-24-16(11-32-20)19(25)23-15-8-13(21(26)30-3)7-14(9-15)22(27)31-4/h5-11H,1-4H3,(H,23,25).